The molecule has 14 heavy (non-hydrogen) atoms. The van der Waals surface area contributed by atoms with Crippen LogP contribution >= 0.6 is 0 Å². The number of hydrogen-bond donors (Lipinski definition) is 3. The molecule has 1 saturated carbocycles. The van der Waals surface area contributed by atoms with Gasteiger partial charge in [0.15, 0.2) is 0 Å². The van der Waals surface area contributed by atoms with E-state index in [2.05, 4.69) is 0 Å². The Labute approximate surface area is 86.1 Å². The lowest BCUT2D eigenvalue weighted by Crippen LogP contribution is -2.34. The Kier molecular flexibility index (Phi) is 4.03. The molecule has 0 heterocycles. The van der Waals surface area contributed by atoms with Gasteiger partial charge < -0.3 is 10.2 Å². The lowest BCUT2D eigenvalue weighted by molar-refractivity contribution is 0.00471. The summed E-state index contributed by atoms with van der Waals surface area (Å²) >= 11 is -2.00. The molecule has 0 aromatic carbocycles. The summed E-state index contributed by atoms with van der Waals surface area (Å²) in [6.07, 6.45) is -0.805. The van der Waals surface area contributed by atoms with Crippen molar-refractivity contribution < 1.29 is 19.0 Å². The van der Waals surface area contributed by atoms with Crippen LogP contribution in [-0.4, -0.2) is 49.1 Å². The predicted octanol–water partition coefficient (Wildman–Crippen LogP) is -0.567. The van der Waals surface area contributed by atoms with E-state index in [-0.39, 0.29) is 11.8 Å². The number of aliphatic hydroxyl groups is 2. The molecule has 1 rings (SSSR count). The topological polar surface area (TPSA) is 81.0 Å². The molecule has 0 aliphatic heterocycles. The van der Waals surface area contributed by atoms with Gasteiger partial charge in [-0.25, -0.2) is 8.51 Å². The maximum absolute atomic E-state index is 10.6. The molecular formula is C8H17NO4S. The van der Waals surface area contributed by atoms with Crippen LogP contribution in [0, 0.1) is 11.8 Å². The largest absolute Gasteiger partial charge is 0.390 e. The van der Waals surface area contributed by atoms with Gasteiger partial charge in [0.05, 0.1) is 12.2 Å². The van der Waals surface area contributed by atoms with Gasteiger partial charge in [0.25, 0.3) is 0 Å². The van der Waals surface area contributed by atoms with Crippen LogP contribution in [-0.2, 0) is 11.3 Å². The van der Waals surface area contributed by atoms with Gasteiger partial charge in [-0.3, -0.25) is 4.55 Å². The first kappa shape index (κ1) is 12.1. The number of hydrogen-bond acceptors (Lipinski definition) is 3. The number of aliphatic hydroxyl groups excluding tert-OH is 2. The molecule has 0 saturated heterocycles. The van der Waals surface area contributed by atoms with Crippen molar-refractivity contribution >= 4 is 11.3 Å². The van der Waals surface area contributed by atoms with Gasteiger partial charge in [-0.15, -0.1) is 0 Å². The molecule has 84 valence electrons. The van der Waals surface area contributed by atoms with Crippen molar-refractivity contribution in [2.75, 3.05) is 13.6 Å². The van der Waals surface area contributed by atoms with E-state index in [4.69, 9.17) is 4.55 Å². The van der Waals surface area contributed by atoms with Gasteiger partial charge in [-0.1, -0.05) is 6.92 Å². The summed E-state index contributed by atoms with van der Waals surface area (Å²) in [5.41, 5.74) is 0. The van der Waals surface area contributed by atoms with Gasteiger partial charge in [0, 0.05) is 19.5 Å². The second kappa shape index (κ2) is 4.67. The molecule has 0 aromatic heterocycles. The minimum absolute atomic E-state index is 0.0514. The summed E-state index contributed by atoms with van der Waals surface area (Å²) in [4.78, 5) is 0. The Balaban J connectivity index is 2.51. The highest BCUT2D eigenvalue weighted by Gasteiger charge is 2.39. The van der Waals surface area contributed by atoms with E-state index in [1.165, 1.54) is 11.4 Å². The third-order valence-electron chi connectivity index (χ3n) is 2.85. The molecular weight excluding hydrogens is 206 g/mol. The molecule has 0 amide bonds. The zero-order valence-corrected chi connectivity index (χ0v) is 9.15. The molecule has 1 unspecified atom stereocenters. The van der Waals surface area contributed by atoms with Crippen molar-refractivity contribution in [1.82, 2.24) is 4.31 Å². The molecule has 1 aliphatic carbocycles. The minimum atomic E-state index is -2.00. The fourth-order valence-electron chi connectivity index (χ4n) is 1.95. The normalized spacial score (nSPS) is 40.4. The first-order valence-corrected chi connectivity index (χ1v) is 5.68. The van der Waals surface area contributed by atoms with Gasteiger partial charge in [-0.2, -0.15) is 0 Å². The minimum Gasteiger partial charge on any atom is -0.390 e. The lowest BCUT2D eigenvalue weighted by atomic mass is 10.1. The molecule has 0 aromatic rings. The van der Waals surface area contributed by atoms with Crippen molar-refractivity contribution in [3.05, 3.63) is 0 Å². The number of nitrogens with zero attached hydrogens (tertiary/aromatic N) is 1. The van der Waals surface area contributed by atoms with Gasteiger partial charge in [0.2, 0.25) is 11.3 Å². The summed E-state index contributed by atoms with van der Waals surface area (Å²) in [6.45, 7) is 2.19. The van der Waals surface area contributed by atoms with Gasteiger partial charge >= 0.3 is 0 Å². The highest BCUT2D eigenvalue weighted by atomic mass is 32.2. The molecule has 5 atom stereocenters. The summed E-state index contributed by atoms with van der Waals surface area (Å²) in [5.74, 6) is -0.0726. The molecule has 5 nitrogen and oxygen atoms in total. The highest BCUT2D eigenvalue weighted by Crippen LogP contribution is 2.31. The summed E-state index contributed by atoms with van der Waals surface area (Å²) in [5, 5.41) is 19.1. The van der Waals surface area contributed by atoms with Crippen LogP contribution in [0.2, 0.25) is 0 Å². The number of rotatable bonds is 3. The molecule has 6 heteroatoms. The van der Waals surface area contributed by atoms with Crippen molar-refractivity contribution in [2.24, 2.45) is 11.8 Å². The third-order valence-corrected chi connectivity index (χ3v) is 3.53. The molecule has 0 bridgehead atoms. The van der Waals surface area contributed by atoms with Gasteiger partial charge in [0.1, 0.15) is 0 Å². The summed E-state index contributed by atoms with van der Waals surface area (Å²) in [7, 11) is 1.51. The van der Waals surface area contributed by atoms with Crippen molar-refractivity contribution in [2.45, 2.75) is 25.6 Å². The van der Waals surface area contributed by atoms with E-state index < -0.39 is 23.5 Å². The van der Waals surface area contributed by atoms with E-state index in [0.717, 1.165) is 0 Å². The maximum atomic E-state index is 10.6. The van der Waals surface area contributed by atoms with Gasteiger partial charge in [-0.05, 0) is 12.3 Å². The fraction of sp³-hybridized carbons (Fsp3) is 1.00. The molecule has 0 radical (unpaired) electrons. The van der Waals surface area contributed by atoms with Crippen LogP contribution in [0.3, 0.4) is 0 Å². The zero-order chi connectivity index (χ0) is 10.9. The van der Waals surface area contributed by atoms with Crippen LogP contribution < -0.4 is 0 Å². The monoisotopic (exact) mass is 223 g/mol. The van der Waals surface area contributed by atoms with Crippen LogP contribution in [0.5, 0.6) is 0 Å². The lowest BCUT2D eigenvalue weighted by Gasteiger charge is -2.20. The Morgan fingerprint density at radius 1 is 1.43 bits per heavy atom. The second-order valence-corrected chi connectivity index (χ2v) is 5.08. The average molecular weight is 223 g/mol. The van der Waals surface area contributed by atoms with E-state index >= 15 is 0 Å². The first-order valence-electron chi connectivity index (χ1n) is 4.61. The third kappa shape index (κ3) is 2.52. The summed E-state index contributed by atoms with van der Waals surface area (Å²) < 4.78 is 20.7. The van der Waals surface area contributed by atoms with Crippen LogP contribution in [0.4, 0.5) is 0 Å². The standard InChI is InChI=1S/C8H17NO4S/c1-5-3-6(8(11)7(5)10)4-9(2)14(12)13/h5-8,10-11H,3-4H2,1-2H3,(H,12,13)/t5-,6-,7+,8-/m1/s1. The van der Waals surface area contributed by atoms with Crippen LogP contribution in [0.25, 0.3) is 0 Å². The first-order chi connectivity index (χ1) is 6.43. The average Bonchev–Trinajstić information content (AvgIpc) is 2.33. The highest BCUT2D eigenvalue weighted by molar-refractivity contribution is 7.76. The maximum Gasteiger partial charge on any atom is 0.234 e. The second-order valence-electron chi connectivity index (χ2n) is 4.00. The van der Waals surface area contributed by atoms with E-state index in [9.17, 15) is 14.4 Å². The van der Waals surface area contributed by atoms with E-state index in [1.807, 2.05) is 6.92 Å². The Morgan fingerprint density at radius 3 is 2.36 bits per heavy atom. The molecule has 1 fully saturated rings. The van der Waals surface area contributed by atoms with Crippen molar-refractivity contribution in [3.8, 4) is 0 Å². The molecule has 3 N–H and O–H groups in total. The van der Waals surface area contributed by atoms with Crippen LogP contribution in [0.15, 0.2) is 0 Å². The SMILES string of the molecule is C[C@@H]1C[C@H](CN(C)S(=O)O)[C@@H](O)[C@H]1O. The van der Waals surface area contributed by atoms with E-state index in [1.54, 1.807) is 0 Å². The Hall–Kier alpha value is -0.0100. The smallest absolute Gasteiger partial charge is 0.234 e. The Bertz CT molecular complexity index is 225. The fourth-order valence-corrected chi connectivity index (χ4v) is 2.27. The Morgan fingerprint density at radius 2 is 2.00 bits per heavy atom. The van der Waals surface area contributed by atoms with Crippen molar-refractivity contribution in [1.29, 1.82) is 0 Å². The van der Waals surface area contributed by atoms with E-state index in [0.29, 0.717) is 13.0 Å². The zero-order valence-electron chi connectivity index (χ0n) is 8.33. The quantitative estimate of drug-likeness (QED) is 0.560. The summed E-state index contributed by atoms with van der Waals surface area (Å²) in [6, 6.07) is 0. The van der Waals surface area contributed by atoms with Crippen molar-refractivity contribution in [3.63, 3.8) is 0 Å². The van der Waals surface area contributed by atoms with Crippen LogP contribution in [0.1, 0.15) is 13.3 Å². The molecule has 0 spiro atoms. The molecule has 1 aliphatic rings. The predicted molar refractivity (Wildman–Crippen MR) is 52.7 cm³/mol.